The zero-order valence-corrected chi connectivity index (χ0v) is 94.1. The van der Waals surface area contributed by atoms with Gasteiger partial charge in [0, 0.05) is 5.56 Å². The van der Waals surface area contributed by atoms with Crippen LogP contribution in [-0.2, 0) is 120 Å². The number of aromatic hydroxyl groups is 1. The summed E-state index contributed by atoms with van der Waals surface area (Å²) in [5, 5.41) is 205. The Labute approximate surface area is 831 Å². The van der Waals surface area contributed by atoms with Gasteiger partial charge in [-0.1, -0.05) is 164 Å². The number of phenolic OH excluding ortho intramolecular Hbond substituents is 1. The largest absolute Gasteiger partial charge is 0.508 e. The van der Waals surface area contributed by atoms with Crippen molar-refractivity contribution in [2.45, 2.75) is 533 Å². The Kier molecular flexibility index (Phi) is 46.2. The van der Waals surface area contributed by atoms with Crippen molar-refractivity contribution in [3.63, 3.8) is 0 Å². The van der Waals surface area contributed by atoms with Gasteiger partial charge in [-0.25, -0.2) is 0 Å². The maximum Gasteiger partial charge on any atom is 0.122 e. The van der Waals surface area contributed by atoms with Crippen molar-refractivity contribution < 1.29 is 97.0 Å². The highest BCUT2D eigenvalue weighted by molar-refractivity contribution is 5.58. The topological polar surface area (TPSA) is 384 Å². The van der Waals surface area contributed by atoms with E-state index in [1.807, 2.05) is 249 Å². The standard InChI is InChI=1S/C21H36O3.3C20H34O3.C19H32O3.C18H30O4/c1-10-19(7,22)16-13(4)14(5)17(20(8,23)11-2)18(15(16)6)21(9,24)12-3;3*1-8-14-12-16(19(6,22)10-3)17(20(7,23)11-4)13-15(14)18(5,21)9-2;1-8-17(5,20)14-11-15(18(6,21)9-2)13(4)16(12-14)19(7,22)10-3;1-7-16(4,20)12-10-14(18(6,22)9-3)15(19)11-13(12)17(5,21)8-2/h22-24H,10-12H2,1-9H3;3*12-13,21-23H,8-11H2,1-7H3;11-12,20-22H,8-10H2,1-7H3;10-11,19-22H,7-9H2,1-6H3. The van der Waals surface area contributed by atoms with Crippen molar-refractivity contribution in [3.05, 3.63) is 200 Å². The highest BCUT2D eigenvalue weighted by Gasteiger charge is 2.45. The molecule has 0 radical (unpaired) electrons. The fraction of sp³-hybridized carbons (Fsp3) is 0.695. The molecule has 6 aromatic rings. The molecule has 0 bridgehead atoms. The molecule has 0 fully saturated rings. The van der Waals surface area contributed by atoms with E-state index in [0.29, 0.717) is 149 Å². The van der Waals surface area contributed by atoms with Crippen molar-refractivity contribution >= 4 is 0 Å². The summed E-state index contributed by atoms with van der Waals surface area (Å²) in [5.41, 5.74) is 1.49. The van der Waals surface area contributed by atoms with E-state index >= 15 is 0 Å². The van der Waals surface area contributed by atoms with Crippen LogP contribution in [0.25, 0.3) is 0 Å². The van der Waals surface area contributed by atoms with Crippen molar-refractivity contribution in [3.8, 4) is 5.75 Å². The van der Waals surface area contributed by atoms with Crippen LogP contribution >= 0.6 is 0 Å². The predicted molar refractivity (Wildman–Crippen MR) is 565 cm³/mol. The number of aryl methyl sites for hydroxylation is 3. The molecule has 19 nitrogen and oxygen atoms in total. The highest BCUT2D eigenvalue weighted by Crippen LogP contribution is 2.50. The van der Waals surface area contributed by atoms with E-state index in [-0.39, 0.29) is 5.75 Å². The molecule has 6 rings (SSSR count). The molecule has 137 heavy (non-hydrogen) atoms. The van der Waals surface area contributed by atoms with Crippen LogP contribution in [0.15, 0.2) is 60.7 Å². The lowest BCUT2D eigenvalue weighted by Crippen LogP contribution is -2.34. The summed E-state index contributed by atoms with van der Waals surface area (Å²) >= 11 is 0. The third kappa shape index (κ3) is 30.3. The number of phenols is 1. The number of rotatable bonds is 39. The summed E-state index contributed by atoms with van der Waals surface area (Å²) < 4.78 is 0. The maximum absolute atomic E-state index is 11.1. The van der Waals surface area contributed by atoms with Crippen LogP contribution in [0.1, 0.15) is 525 Å². The molecule has 18 atom stereocenters. The minimum Gasteiger partial charge on any atom is -0.508 e. The molecule has 0 aliphatic rings. The van der Waals surface area contributed by atoms with Crippen molar-refractivity contribution in [1.29, 1.82) is 0 Å². The SMILES string of the molecule is CCC(C)(O)c1c(C)c(C)c(C(C)(O)CC)c(C(C)(O)CC)c1C.CCC(C)(O)c1cc(C(C)(O)CC)c(C(C)(O)CC)cc1O.CCC(C)(O)c1cc(C(C)(O)CC)c(C)c(C(C)(O)CC)c1.CCc1cc(C(C)(O)CC)c(C(C)(O)CC)cc1C(C)(O)CC.CCc1cc(C(C)(O)CC)c(C(C)(O)CC)cc1C(C)(O)CC.CCc1cc(C(C)(O)CC)c(C(C)(O)CC)cc1C(C)(O)CC. The van der Waals surface area contributed by atoms with Gasteiger partial charge in [0.1, 0.15) is 5.75 Å². The van der Waals surface area contributed by atoms with Gasteiger partial charge >= 0.3 is 0 Å². The summed E-state index contributed by atoms with van der Waals surface area (Å²) in [4.78, 5) is 0. The second kappa shape index (κ2) is 48.9. The number of hydrogen-bond donors (Lipinski definition) is 19. The Bertz CT molecular complexity index is 4580. The smallest absolute Gasteiger partial charge is 0.122 e. The summed E-state index contributed by atoms with van der Waals surface area (Å²) in [6.45, 7) is 80.5. The van der Waals surface area contributed by atoms with Crippen LogP contribution in [0.4, 0.5) is 0 Å². The number of hydrogen-bond acceptors (Lipinski definition) is 19. The first kappa shape index (κ1) is 129. The third-order valence-electron chi connectivity index (χ3n) is 32.5. The Morgan fingerprint density at radius 1 is 0.153 bits per heavy atom. The Balaban J connectivity index is 0.000000822. The molecule has 0 aromatic heterocycles. The van der Waals surface area contributed by atoms with Crippen LogP contribution in [0.3, 0.4) is 0 Å². The molecule has 0 saturated carbocycles. The second-order valence-corrected chi connectivity index (χ2v) is 43.6. The quantitative estimate of drug-likeness (QED) is 0.0170. The van der Waals surface area contributed by atoms with Crippen LogP contribution in [0, 0.1) is 27.7 Å². The Hall–Kier alpha value is -5.60. The lowest BCUT2D eigenvalue weighted by Gasteiger charge is -2.39. The molecule has 0 amide bonds. The molecule has 18 unspecified atom stereocenters. The van der Waals surface area contributed by atoms with Gasteiger partial charge in [0.2, 0.25) is 0 Å². The first-order valence-corrected chi connectivity index (χ1v) is 51.8. The maximum atomic E-state index is 11.1. The van der Waals surface area contributed by atoms with E-state index in [4.69, 9.17) is 0 Å². The fourth-order valence-electron chi connectivity index (χ4n) is 17.8. The molecule has 0 heterocycles. The summed E-state index contributed by atoms with van der Waals surface area (Å²) in [6, 6.07) is 18.5. The molecule has 19 N–H and O–H groups in total. The van der Waals surface area contributed by atoms with Gasteiger partial charge in [0.25, 0.3) is 0 Å². The molecule has 19 heteroatoms. The monoisotopic (exact) mass is 1920 g/mol. The predicted octanol–water partition coefficient (Wildman–Crippen LogP) is 23.9. The van der Waals surface area contributed by atoms with Gasteiger partial charge in [0.15, 0.2) is 0 Å². The summed E-state index contributed by atoms with van der Waals surface area (Å²) in [7, 11) is 0. The van der Waals surface area contributed by atoms with E-state index in [1.54, 1.807) is 103 Å². The van der Waals surface area contributed by atoms with Gasteiger partial charge < -0.3 is 97.0 Å². The summed E-state index contributed by atoms with van der Waals surface area (Å²) in [5.74, 6) is -0.0637. The molecule has 786 valence electrons. The van der Waals surface area contributed by atoms with E-state index in [2.05, 4.69) is 0 Å². The van der Waals surface area contributed by atoms with Gasteiger partial charge in [0.05, 0.1) is 101 Å². The molecule has 6 aromatic carbocycles. The normalized spacial score (nSPS) is 19.8. The fourth-order valence-corrected chi connectivity index (χ4v) is 17.8. The molecule has 0 aliphatic heterocycles. The Morgan fingerprint density at radius 2 is 0.307 bits per heavy atom. The van der Waals surface area contributed by atoms with E-state index in [9.17, 15) is 97.0 Å². The zero-order chi connectivity index (χ0) is 108. The second-order valence-electron chi connectivity index (χ2n) is 43.6. The molecular formula is C118H200O19. The first-order chi connectivity index (χ1) is 62.0. The molecular weight excluding hydrogens is 1720 g/mol. The van der Waals surface area contributed by atoms with Crippen LogP contribution in [-0.4, -0.2) is 97.0 Å². The summed E-state index contributed by atoms with van der Waals surface area (Å²) in [6.07, 6.45) is 12.1. The van der Waals surface area contributed by atoms with Gasteiger partial charge in [-0.2, -0.15) is 0 Å². The van der Waals surface area contributed by atoms with Gasteiger partial charge in [-0.15, -0.1) is 0 Å². The van der Waals surface area contributed by atoms with Crippen LogP contribution in [0.5, 0.6) is 5.75 Å². The highest BCUT2D eigenvalue weighted by atomic mass is 16.3. The van der Waals surface area contributed by atoms with Crippen LogP contribution < -0.4 is 0 Å². The molecule has 0 aliphatic carbocycles. The lowest BCUT2D eigenvalue weighted by atomic mass is 9.71. The van der Waals surface area contributed by atoms with Gasteiger partial charge in [-0.05, 0) is 463 Å². The minimum absolute atomic E-state index is 0.0637. The van der Waals surface area contributed by atoms with E-state index in [0.717, 1.165) is 125 Å². The lowest BCUT2D eigenvalue weighted by molar-refractivity contribution is 0.0238. The zero-order valence-electron chi connectivity index (χ0n) is 94.1. The van der Waals surface area contributed by atoms with Crippen molar-refractivity contribution in [2.75, 3.05) is 0 Å². The van der Waals surface area contributed by atoms with E-state index in [1.165, 1.54) is 6.07 Å². The molecule has 0 saturated heterocycles. The number of aliphatic hydroxyl groups is 18. The van der Waals surface area contributed by atoms with E-state index < -0.39 is 101 Å². The first-order valence-electron chi connectivity index (χ1n) is 51.8. The van der Waals surface area contributed by atoms with Gasteiger partial charge in [-0.3, -0.25) is 0 Å². The molecule has 0 spiro atoms. The number of benzene rings is 6. The average Bonchev–Trinajstić information content (AvgIpc) is 0.709. The van der Waals surface area contributed by atoms with Crippen molar-refractivity contribution in [2.24, 2.45) is 0 Å². The minimum atomic E-state index is -1.20. The van der Waals surface area contributed by atoms with Crippen molar-refractivity contribution in [1.82, 2.24) is 0 Å². The third-order valence-corrected chi connectivity index (χ3v) is 32.5. The van der Waals surface area contributed by atoms with Crippen LogP contribution in [0.2, 0.25) is 0 Å². The Morgan fingerprint density at radius 3 is 0.511 bits per heavy atom. The average molecular weight is 1920 g/mol.